The van der Waals surface area contributed by atoms with Gasteiger partial charge in [-0.1, -0.05) is 28.9 Å². The van der Waals surface area contributed by atoms with Crippen LogP contribution in [0.1, 0.15) is 37.0 Å². The molecule has 0 aliphatic carbocycles. The average molecular weight is 283 g/mol. The molecule has 0 aromatic heterocycles. The Morgan fingerprint density at radius 2 is 1.88 bits per heavy atom. The highest BCUT2D eigenvalue weighted by Crippen LogP contribution is 2.24. The molecule has 0 heterocycles. The van der Waals surface area contributed by atoms with Crippen molar-refractivity contribution in [3.63, 3.8) is 0 Å². The maximum atomic E-state index is 11.0. The first-order chi connectivity index (χ1) is 7.40. The summed E-state index contributed by atoms with van der Waals surface area (Å²) >= 11 is 3.59. The van der Waals surface area contributed by atoms with Gasteiger partial charge < -0.3 is 4.79 Å². The lowest BCUT2D eigenvalue weighted by Crippen LogP contribution is -2.06. The summed E-state index contributed by atoms with van der Waals surface area (Å²) in [5.41, 5.74) is 3.92. The molecule has 0 radical (unpaired) electrons. The molecule has 0 fully saturated rings. The molecule has 1 unspecified atom stereocenters. The first-order valence-electron chi connectivity index (χ1n) is 5.65. The van der Waals surface area contributed by atoms with Gasteiger partial charge in [0.25, 0.3) is 0 Å². The summed E-state index contributed by atoms with van der Waals surface area (Å²) in [4.78, 5) is 11.0. The van der Waals surface area contributed by atoms with Crippen LogP contribution in [0.25, 0.3) is 0 Å². The molecule has 1 rings (SSSR count). The molecule has 2 heteroatoms. The van der Waals surface area contributed by atoms with Gasteiger partial charge in [-0.2, -0.15) is 0 Å². The molecular formula is C14H19BrO. The zero-order chi connectivity index (χ0) is 12.3. The van der Waals surface area contributed by atoms with Gasteiger partial charge >= 0.3 is 0 Å². The third-order valence-corrected chi connectivity index (χ3v) is 3.61. The van der Waals surface area contributed by atoms with Crippen LogP contribution in [0.2, 0.25) is 0 Å². The highest BCUT2D eigenvalue weighted by atomic mass is 79.9. The molecule has 1 atom stereocenters. The van der Waals surface area contributed by atoms with Crippen molar-refractivity contribution in [2.75, 3.05) is 0 Å². The van der Waals surface area contributed by atoms with Crippen molar-refractivity contribution in [1.29, 1.82) is 0 Å². The van der Waals surface area contributed by atoms with Gasteiger partial charge in [-0.25, -0.2) is 0 Å². The first kappa shape index (κ1) is 13.4. The van der Waals surface area contributed by atoms with Gasteiger partial charge in [-0.3, -0.25) is 0 Å². The predicted molar refractivity (Wildman–Crippen MR) is 71.8 cm³/mol. The van der Waals surface area contributed by atoms with Gasteiger partial charge in [-0.15, -0.1) is 0 Å². The normalized spacial score (nSPS) is 12.6. The minimum Gasteiger partial charge on any atom is -0.300 e. The Hall–Kier alpha value is -0.630. The van der Waals surface area contributed by atoms with E-state index in [1.165, 1.54) is 16.7 Å². The average Bonchev–Trinajstić information content (AvgIpc) is 2.12. The van der Waals surface area contributed by atoms with Crippen LogP contribution < -0.4 is 0 Å². The highest BCUT2D eigenvalue weighted by Gasteiger charge is 2.10. The van der Waals surface area contributed by atoms with E-state index in [9.17, 15) is 4.79 Å². The van der Waals surface area contributed by atoms with Crippen molar-refractivity contribution >= 4 is 21.7 Å². The molecule has 16 heavy (non-hydrogen) atoms. The van der Waals surface area contributed by atoms with E-state index in [0.29, 0.717) is 12.3 Å². The number of carbonyl (C=O) groups is 1. The lowest BCUT2D eigenvalue weighted by Gasteiger charge is -2.13. The Morgan fingerprint density at radius 1 is 1.31 bits per heavy atom. The van der Waals surface area contributed by atoms with E-state index in [1.54, 1.807) is 6.92 Å². The smallest absolute Gasteiger partial charge is 0.130 e. The lowest BCUT2D eigenvalue weighted by molar-refractivity contribution is -0.117. The summed E-state index contributed by atoms with van der Waals surface area (Å²) in [7, 11) is 0. The first-order valence-corrected chi connectivity index (χ1v) is 6.44. The Kier molecular flexibility index (Phi) is 4.72. The summed E-state index contributed by atoms with van der Waals surface area (Å²) in [5.74, 6) is 0.684. The van der Waals surface area contributed by atoms with Gasteiger partial charge in [0, 0.05) is 10.9 Å². The number of Topliss-reactive ketones (excluding diaryl/α,β-unsaturated/α-hetero) is 1. The summed E-state index contributed by atoms with van der Waals surface area (Å²) < 4.78 is 1.16. The third kappa shape index (κ3) is 3.75. The largest absolute Gasteiger partial charge is 0.300 e. The van der Waals surface area contributed by atoms with Crippen molar-refractivity contribution in [2.45, 2.75) is 40.5 Å². The van der Waals surface area contributed by atoms with E-state index in [0.717, 1.165) is 10.9 Å². The Morgan fingerprint density at radius 3 is 2.44 bits per heavy atom. The fourth-order valence-electron chi connectivity index (χ4n) is 1.94. The maximum absolute atomic E-state index is 11.0. The fraction of sp³-hybridized carbons (Fsp3) is 0.500. The van der Waals surface area contributed by atoms with Crippen LogP contribution in [0.3, 0.4) is 0 Å². The second kappa shape index (κ2) is 5.62. The molecule has 0 aliphatic heterocycles. The number of halogens is 1. The summed E-state index contributed by atoms with van der Waals surface area (Å²) in [6, 6.07) is 4.38. The van der Waals surface area contributed by atoms with E-state index in [2.05, 4.69) is 48.8 Å². The predicted octanol–water partition coefficient (Wildman–Crippen LogP) is 4.22. The Bertz CT molecular complexity index is 396. The van der Waals surface area contributed by atoms with Crippen LogP contribution in [0.15, 0.2) is 16.6 Å². The number of hydrogen-bond acceptors (Lipinski definition) is 1. The highest BCUT2D eigenvalue weighted by molar-refractivity contribution is 9.10. The standard InChI is InChI=1S/C14H19BrO/c1-9(5-12(4)16)6-13-7-10(2)11(3)8-14(13)15/h7-9H,5-6H2,1-4H3. The number of aryl methyl sites for hydroxylation is 2. The molecule has 0 bridgehead atoms. The lowest BCUT2D eigenvalue weighted by atomic mass is 9.94. The van der Waals surface area contributed by atoms with Crippen molar-refractivity contribution in [1.82, 2.24) is 0 Å². The van der Waals surface area contributed by atoms with Gasteiger partial charge in [0.15, 0.2) is 0 Å². The quantitative estimate of drug-likeness (QED) is 0.808. The van der Waals surface area contributed by atoms with Crippen LogP contribution in [0, 0.1) is 19.8 Å². The minimum atomic E-state index is 0.271. The molecule has 1 nitrogen and oxygen atoms in total. The topological polar surface area (TPSA) is 17.1 Å². The number of ketones is 1. The Balaban J connectivity index is 2.81. The van der Waals surface area contributed by atoms with Crippen LogP contribution in [-0.2, 0) is 11.2 Å². The van der Waals surface area contributed by atoms with Crippen molar-refractivity contribution in [3.8, 4) is 0 Å². The van der Waals surface area contributed by atoms with Gasteiger partial charge in [0.2, 0.25) is 0 Å². The van der Waals surface area contributed by atoms with Gasteiger partial charge in [0.1, 0.15) is 5.78 Å². The number of rotatable bonds is 4. The van der Waals surface area contributed by atoms with Crippen molar-refractivity contribution < 1.29 is 4.79 Å². The monoisotopic (exact) mass is 282 g/mol. The summed E-state index contributed by atoms with van der Waals surface area (Å²) in [5, 5.41) is 0. The van der Waals surface area contributed by atoms with Gasteiger partial charge in [-0.05, 0) is 55.9 Å². The van der Waals surface area contributed by atoms with Crippen LogP contribution in [0.5, 0.6) is 0 Å². The van der Waals surface area contributed by atoms with E-state index in [4.69, 9.17) is 0 Å². The van der Waals surface area contributed by atoms with Crippen LogP contribution >= 0.6 is 15.9 Å². The Labute approximate surface area is 106 Å². The van der Waals surface area contributed by atoms with E-state index in [-0.39, 0.29) is 5.78 Å². The molecule has 0 saturated carbocycles. The molecule has 88 valence electrons. The fourth-order valence-corrected chi connectivity index (χ4v) is 2.56. The number of hydrogen-bond donors (Lipinski definition) is 0. The zero-order valence-corrected chi connectivity index (χ0v) is 12.0. The molecule has 0 saturated heterocycles. The van der Waals surface area contributed by atoms with E-state index in [1.807, 2.05) is 0 Å². The molecular weight excluding hydrogens is 264 g/mol. The summed E-state index contributed by atoms with van der Waals surface area (Å²) in [6.07, 6.45) is 1.63. The minimum absolute atomic E-state index is 0.271. The van der Waals surface area contributed by atoms with Crippen molar-refractivity contribution in [3.05, 3.63) is 33.3 Å². The maximum Gasteiger partial charge on any atom is 0.130 e. The molecule has 0 spiro atoms. The molecule has 1 aromatic rings. The van der Waals surface area contributed by atoms with Crippen molar-refractivity contribution in [2.24, 2.45) is 5.92 Å². The van der Waals surface area contributed by atoms with Crippen LogP contribution in [-0.4, -0.2) is 5.78 Å². The summed E-state index contributed by atoms with van der Waals surface area (Å²) in [6.45, 7) is 8.03. The third-order valence-electron chi connectivity index (χ3n) is 2.87. The molecule has 1 aromatic carbocycles. The SMILES string of the molecule is CC(=O)CC(C)Cc1cc(C)c(C)cc1Br. The van der Waals surface area contributed by atoms with E-state index >= 15 is 0 Å². The van der Waals surface area contributed by atoms with Crippen LogP contribution in [0.4, 0.5) is 0 Å². The second-order valence-corrected chi connectivity index (χ2v) is 5.60. The molecule has 0 amide bonds. The molecule has 0 aliphatic rings. The number of carbonyl (C=O) groups excluding carboxylic acids is 1. The second-order valence-electron chi connectivity index (χ2n) is 4.74. The zero-order valence-electron chi connectivity index (χ0n) is 10.4. The van der Waals surface area contributed by atoms with Gasteiger partial charge in [0.05, 0.1) is 0 Å². The number of benzene rings is 1. The van der Waals surface area contributed by atoms with E-state index < -0.39 is 0 Å². The molecule has 0 N–H and O–H groups in total.